The molecular formula is C17H16BrCl2NO3. The monoisotopic (exact) mass is 431 g/mol. The first kappa shape index (κ1) is 18.9. The number of carboxylic acid groups (broad SMARTS) is 1. The molecule has 0 aliphatic carbocycles. The first-order valence-corrected chi connectivity index (χ1v) is 8.87. The lowest BCUT2D eigenvalue weighted by Crippen LogP contribution is -2.09. The summed E-state index contributed by atoms with van der Waals surface area (Å²) >= 11 is 15.3. The van der Waals surface area contributed by atoms with Crippen molar-refractivity contribution in [2.75, 3.05) is 18.5 Å². The average molecular weight is 433 g/mol. The number of hydrogen-bond acceptors (Lipinski definition) is 3. The van der Waals surface area contributed by atoms with E-state index in [0.29, 0.717) is 28.9 Å². The van der Waals surface area contributed by atoms with Gasteiger partial charge in [-0.2, -0.15) is 0 Å². The Bertz CT molecular complexity index is 708. The summed E-state index contributed by atoms with van der Waals surface area (Å²) < 4.78 is 6.64. The zero-order chi connectivity index (χ0) is 17.5. The van der Waals surface area contributed by atoms with E-state index in [1.807, 2.05) is 24.3 Å². The molecule has 4 nitrogen and oxygen atoms in total. The molecule has 0 bridgehead atoms. The summed E-state index contributed by atoms with van der Waals surface area (Å²) in [5.74, 6) is -0.249. The van der Waals surface area contributed by atoms with Gasteiger partial charge < -0.3 is 15.2 Å². The normalized spacial score (nSPS) is 10.5. The third kappa shape index (κ3) is 5.58. The van der Waals surface area contributed by atoms with Crippen LogP contribution < -0.4 is 10.1 Å². The molecule has 0 radical (unpaired) electrons. The molecule has 0 unspecified atom stereocenters. The summed E-state index contributed by atoms with van der Waals surface area (Å²) in [7, 11) is 0. The predicted molar refractivity (Wildman–Crippen MR) is 101 cm³/mol. The SMILES string of the molecule is O=C(O)c1cc(Cl)cc(Cl)c1NCCCCOc1ccc(Br)cc1. The van der Waals surface area contributed by atoms with E-state index in [4.69, 9.17) is 27.9 Å². The largest absolute Gasteiger partial charge is 0.494 e. The van der Waals surface area contributed by atoms with Gasteiger partial charge in [0.15, 0.2) is 0 Å². The van der Waals surface area contributed by atoms with E-state index in [0.717, 1.165) is 23.1 Å². The summed E-state index contributed by atoms with van der Waals surface area (Å²) in [5, 5.41) is 12.9. The van der Waals surface area contributed by atoms with Crippen LogP contribution in [0, 0.1) is 0 Å². The number of benzene rings is 2. The lowest BCUT2D eigenvalue weighted by Gasteiger charge is -2.12. The van der Waals surface area contributed by atoms with Crippen molar-refractivity contribution >= 4 is 50.8 Å². The van der Waals surface area contributed by atoms with Crippen molar-refractivity contribution in [3.63, 3.8) is 0 Å². The Hall–Kier alpha value is -1.43. The highest BCUT2D eigenvalue weighted by molar-refractivity contribution is 9.10. The quantitative estimate of drug-likeness (QED) is 0.523. The minimum atomic E-state index is -1.07. The van der Waals surface area contributed by atoms with Crippen LogP contribution in [0.3, 0.4) is 0 Å². The number of nitrogens with one attached hydrogen (secondary N) is 1. The smallest absolute Gasteiger partial charge is 0.337 e. The van der Waals surface area contributed by atoms with E-state index >= 15 is 0 Å². The number of rotatable bonds is 8. The van der Waals surface area contributed by atoms with Gasteiger partial charge in [0.1, 0.15) is 5.75 Å². The second kappa shape index (κ2) is 9.16. The van der Waals surface area contributed by atoms with E-state index in [1.165, 1.54) is 12.1 Å². The minimum Gasteiger partial charge on any atom is -0.494 e. The molecule has 0 amide bonds. The average Bonchev–Trinajstić information content (AvgIpc) is 2.53. The Kier molecular flexibility index (Phi) is 7.21. The standard InChI is InChI=1S/C17H16BrCl2NO3/c18-11-3-5-13(6-4-11)24-8-2-1-7-21-16-14(17(22)23)9-12(19)10-15(16)20/h3-6,9-10,21H,1-2,7-8H2,(H,22,23). The highest BCUT2D eigenvalue weighted by Gasteiger charge is 2.14. The van der Waals surface area contributed by atoms with Crippen molar-refractivity contribution in [2.24, 2.45) is 0 Å². The Morgan fingerprint density at radius 2 is 1.88 bits per heavy atom. The van der Waals surface area contributed by atoms with Crippen LogP contribution in [0.25, 0.3) is 0 Å². The van der Waals surface area contributed by atoms with Gasteiger partial charge >= 0.3 is 5.97 Å². The summed E-state index contributed by atoms with van der Waals surface area (Å²) in [6.45, 7) is 1.18. The van der Waals surface area contributed by atoms with Gasteiger partial charge in [-0.25, -0.2) is 4.79 Å². The van der Waals surface area contributed by atoms with Crippen LogP contribution in [0.1, 0.15) is 23.2 Å². The molecule has 0 saturated carbocycles. The van der Waals surface area contributed by atoms with Gasteiger partial charge in [-0.3, -0.25) is 0 Å². The molecule has 2 N–H and O–H groups in total. The molecular weight excluding hydrogens is 417 g/mol. The minimum absolute atomic E-state index is 0.0682. The van der Waals surface area contributed by atoms with E-state index in [9.17, 15) is 9.90 Å². The fourth-order valence-corrected chi connectivity index (χ4v) is 2.91. The van der Waals surface area contributed by atoms with E-state index < -0.39 is 5.97 Å². The number of aromatic carboxylic acids is 1. The maximum Gasteiger partial charge on any atom is 0.337 e. The molecule has 0 saturated heterocycles. The van der Waals surface area contributed by atoms with Gasteiger partial charge in [0.25, 0.3) is 0 Å². The number of ether oxygens (including phenoxy) is 1. The lowest BCUT2D eigenvalue weighted by molar-refractivity contribution is 0.0698. The number of unbranched alkanes of at least 4 members (excludes halogenated alkanes) is 1. The van der Waals surface area contributed by atoms with E-state index in [1.54, 1.807) is 0 Å². The molecule has 0 atom stereocenters. The fourth-order valence-electron chi connectivity index (χ4n) is 2.08. The van der Waals surface area contributed by atoms with Gasteiger partial charge in [-0.1, -0.05) is 39.1 Å². The summed E-state index contributed by atoms with van der Waals surface area (Å²) in [5.41, 5.74) is 0.459. The maximum atomic E-state index is 11.3. The summed E-state index contributed by atoms with van der Waals surface area (Å²) in [6, 6.07) is 10.5. The number of carbonyl (C=O) groups is 1. The second-order valence-corrected chi connectivity index (χ2v) is 6.81. The highest BCUT2D eigenvalue weighted by Crippen LogP contribution is 2.30. The fraction of sp³-hybridized carbons (Fsp3) is 0.235. The third-order valence-electron chi connectivity index (χ3n) is 3.24. The highest BCUT2D eigenvalue weighted by atomic mass is 79.9. The van der Waals surface area contributed by atoms with Gasteiger partial charge in [0.2, 0.25) is 0 Å². The van der Waals surface area contributed by atoms with Crippen molar-refractivity contribution in [1.29, 1.82) is 0 Å². The zero-order valence-electron chi connectivity index (χ0n) is 12.7. The van der Waals surface area contributed by atoms with Crippen molar-refractivity contribution in [3.8, 4) is 5.75 Å². The Morgan fingerprint density at radius 3 is 2.54 bits per heavy atom. The van der Waals surface area contributed by atoms with Crippen LogP contribution in [0.15, 0.2) is 40.9 Å². The first-order valence-electron chi connectivity index (χ1n) is 7.32. The van der Waals surface area contributed by atoms with Crippen LogP contribution >= 0.6 is 39.1 Å². The van der Waals surface area contributed by atoms with Gasteiger partial charge in [0.05, 0.1) is 22.9 Å². The Morgan fingerprint density at radius 1 is 1.17 bits per heavy atom. The number of carboxylic acids is 1. The summed E-state index contributed by atoms with van der Waals surface area (Å²) in [6.07, 6.45) is 1.64. The number of hydrogen-bond donors (Lipinski definition) is 2. The van der Waals surface area contributed by atoms with Crippen molar-refractivity contribution in [2.45, 2.75) is 12.8 Å². The molecule has 0 aliphatic rings. The van der Waals surface area contributed by atoms with Crippen molar-refractivity contribution in [3.05, 3.63) is 56.5 Å². The Labute approximate surface area is 158 Å². The molecule has 2 aromatic carbocycles. The van der Waals surface area contributed by atoms with Crippen LogP contribution in [0.4, 0.5) is 5.69 Å². The molecule has 7 heteroatoms. The first-order chi connectivity index (χ1) is 11.5. The number of halogens is 3. The molecule has 0 heterocycles. The zero-order valence-corrected chi connectivity index (χ0v) is 15.8. The van der Waals surface area contributed by atoms with Gasteiger partial charge in [-0.05, 0) is 49.2 Å². The van der Waals surface area contributed by atoms with Gasteiger partial charge in [-0.15, -0.1) is 0 Å². The predicted octanol–water partition coefficient (Wildman–Crippen LogP) is 5.73. The molecule has 0 aliphatic heterocycles. The van der Waals surface area contributed by atoms with Crippen LogP contribution in [0.2, 0.25) is 10.0 Å². The topological polar surface area (TPSA) is 58.6 Å². The molecule has 24 heavy (non-hydrogen) atoms. The molecule has 2 rings (SSSR count). The lowest BCUT2D eigenvalue weighted by atomic mass is 10.1. The maximum absolute atomic E-state index is 11.3. The van der Waals surface area contributed by atoms with Crippen molar-refractivity contribution in [1.82, 2.24) is 0 Å². The number of anilines is 1. The van der Waals surface area contributed by atoms with Crippen LogP contribution in [-0.2, 0) is 0 Å². The summed E-state index contributed by atoms with van der Waals surface area (Å²) in [4.78, 5) is 11.3. The van der Waals surface area contributed by atoms with Crippen molar-refractivity contribution < 1.29 is 14.6 Å². The third-order valence-corrected chi connectivity index (χ3v) is 4.29. The molecule has 128 valence electrons. The van der Waals surface area contributed by atoms with Crippen LogP contribution in [-0.4, -0.2) is 24.2 Å². The molecule has 0 spiro atoms. The Balaban J connectivity index is 1.78. The molecule has 0 aromatic heterocycles. The molecule has 0 fully saturated rings. The van der Waals surface area contributed by atoms with E-state index in [2.05, 4.69) is 21.2 Å². The molecule has 2 aromatic rings. The second-order valence-electron chi connectivity index (χ2n) is 5.05. The van der Waals surface area contributed by atoms with E-state index in [-0.39, 0.29) is 5.56 Å². The van der Waals surface area contributed by atoms with Gasteiger partial charge in [0, 0.05) is 16.0 Å². The van der Waals surface area contributed by atoms with Crippen LogP contribution in [0.5, 0.6) is 5.75 Å².